The molecule has 0 saturated heterocycles. The maximum absolute atomic E-state index is 12.4. The van der Waals surface area contributed by atoms with E-state index in [1.807, 2.05) is 24.3 Å². The Kier molecular flexibility index (Phi) is 6.74. The zero-order chi connectivity index (χ0) is 18.5. The third-order valence-corrected chi connectivity index (χ3v) is 7.38. The van der Waals surface area contributed by atoms with Crippen LogP contribution in [0.2, 0.25) is 0 Å². The van der Waals surface area contributed by atoms with Crippen molar-refractivity contribution >= 4 is 62.4 Å². The molecule has 1 N–H and O–H groups in total. The number of benzene rings is 2. The van der Waals surface area contributed by atoms with Gasteiger partial charge in [0, 0.05) is 14.3 Å². The highest BCUT2D eigenvalue weighted by molar-refractivity contribution is 9.10. The molecule has 0 bridgehead atoms. The number of hydrogen-bond donors (Lipinski definition) is 1. The molecule has 0 unspecified atom stereocenters. The summed E-state index contributed by atoms with van der Waals surface area (Å²) in [5, 5.41) is 10.9. The van der Waals surface area contributed by atoms with Crippen molar-refractivity contribution in [2.24, 2.45) is 0 Å². The van der Waals surface area contributed by atoms with Gasteiger partial charge in [-0.15, -0.1) is 22.0 Å². The van der Waals surface area contributed by atoms with Crippen molar-refractivity contribution in [3.8, 4) is 0 Å². The summed E-state index contributed by atoms with van der Waals surface area (Å²) in [6, 6.07) is 11.9. The molecule has 3 rings (SSSR count). The Hall–Kier alpha value is -1.35. The number of thioether (sulfide) groups is 1. The molecule has 1 amide bonds. The van der Waals surface area contributed by atoms with Crippen molar-refractivity contribution < 1.29 is 4.79 Å². The zero-order valence-corrected chi connectivity index (χ0v) is 18.2. The summed E-state index contributed by atoms with van der Waals surface area (Å²) in [6.07, 6.45) is 0. The lowest BCUT2D eigenvalue weighted by Gasteiger charge is -2.11. The Morgan fingerprint density at radius 1 is 1.19 bits per heavy atom. The summed E-state index contributed by atoms with van der Waals surface area (Å²) >= 11 is 8.06. The first-order valence-electron chi connectivity index (χ1n) is 7.75. The average Bonchev–Trinajstić information content (AvgIpc) is 3.12. The van der Waals surface area contributed by atoms with Crippen LogP contribution in [-0.2, 0) is 4.79 Å². The SMILES string of the molecule is Cc1cc(SCC(=O)Nc2ccccc2Sc2nncs2)c(C)cc1Br. The van der Waals surface area contributed by atoms with Crippen molar-refractivity contribution in [3.63, 3.8) is 0 Å². The minimum absolute atomic E-state index is 0.0275. The summed E-state index contributed by atoms with van der Waals surface area (Å²) in [4.78, 5) is 14.5. The number of hydrogen-bond acceptors (Lipinski definition) is 6. The highest BCUT2D eigenvalue weighted by Gasteiger charge is 2.11. The summed E-state index contributed by atoms with van der Waals surface area (Å²) in [6.45, 7) is 4.10. The van der Waals surface area contributed by atoms with Crippen molar-refractivity contribution in [1.29, 1.82) is 0 Å². The molecule has 0 aliphatic heterocycles. The normalized spacial score (nSPS) is 10.7. The third kappa shape index (κ3) is 5.09. The number of aromatic nitrogens is 2. The second kappa shape index (κ2) is 9.03. The molecule has 1 aromatic heterocycles. The predicted octanol–water partition coefficient (Wildman–Crippen LogP) is 5.80. The van der Waals surface area contributed by atoms with E-state index in [1.54, 1.807) is 17.3 Å². The Labute approximate surface area is 173 Å². The van der Waals surface area contributed by atoms with E-state index in [0.717, 1.165) is 35.4 Å². The molecule has 0 saturated carbocycles. The van der Waals surface area contributed by atoms with E-state index < -0.39 is 0 Å². The largest absolute Gasteiger partial charge is 0.324 e. The van der Waals surface area contributed by atoms with Gasteiger partial charge in [0.15, 0.2) is 4.34 Å². The third-order valence-electron chi connectivity index (χ3n) is 3.51. The lowest BCUT2D eigenvalue weighted by molar-refractivity contribution is -0.113. The topological polar surface area (TPSA) is 54.9 Å². The highest BCUT2D eigenvalue weighted by atomic mass is 79.9. The first-order valence-corrected chi connectivity index (χ1v) is 11.2. The van der Waals surface area contributed by atoms with Crippen LogP contribution in [0.1, 0.15) is 11.1 Å². The van der Waals surface area contributed by atoms with E-state index >= 15 is 0 Å². The van der Waals surface area contributed by atoms with Crippen LogP contribution in [0.3, 0.4) is 0 Å². The fraction of sp³-hybridized carbons (Fsp3) is 0.167. The van der Waals surface area contributed by atoms with Crippen LogP contribution in [-0.4, -0.2) is 21.9 Å². The molecule has 4 nitrogen and oxygen atoms in total. The summed E-state index contributed by atoms with van der Waals surface area (Å²) in [5.74, 6) is 0.333. The molecule has 0 radical (unpaired) electrons. The fourth-order valence-electron chi connectivity index (χ4n) is 2.20. The Balaban J connectivity index is 1.65. The number of amides is 1. The molecular formula is C18H16BrN3OS3. The van der Waals surface area contributed by atoms with Crippen LogP contribution in [0.5, 0.6) is 0 Å². The zero-order valence-electron chi connectivity index (χ0n) is 14.2. The number of carbonyl (C=O) groups excluding carboxylic acids is 1. The van der Waals surface area contributed by atoms with Gasteiger partial charge in [0.25, 0.3) is 0 Å². The van der Waals surface area contributed by atoms with Crippen LogP contribution in [0.4, 0.5) is 5.69 Å². The molecular weight excluding hydrogens is 450 g/mol. The Bertz CT molecular complexity index is 916. The van der Waals surface area contributed by atoms with Gasteiger partial charge in [0.1, 0.15) is 5.51 Å². The highest BCUT2D eigenvalue weighted by Crippen LogP contribution is 2.34. The predicted molar refractivity (Wildman–Crippen MR) is 113 cm³/mol. The van der Waals surface area contributed by atoms with Crippen LogP contribution in [0.15, 0.2) is 60.5 Å². The summed E-state index contributed by atoms with van der Waals surface area (Å²) < 4.78 is 1.94. The minimum atomic E-state index is -0.0275. The standard InChI is InChI=1S/C18H16BrN3OS3/c1-11-8-16(12(2)7-13(11)19)24-9-17(23)21-14-5-3-4-6-15(14)26-18-22-20-10-25-18/h3-8,10H,9H2,1-2H3,(H,21,23). The van der Waals surface area contributed by atoms with Gasteiger partial charge in [-0.3, -0.25) is 4.79 Å². The van der Waals surface area contributed by atoms with Gasteiger partial charge in [-0.05, 0) is 49.2 Å². The molecule has 0 atom stereocenters. The van der Waals surface area contributed by atoms with Crippen molar-refractivity contribution in [1.82, 2.24) is 10.2 Å². The maximum atomic E-state index is 12.4. The van der Waals surface area contributed by atoms with Gasteiger partial charge in [-0.2, -0.15) is 0 Å². The van der Waals surface area contributed by atoms with E-state index in [9.17, 15) is 4.79 Å². The average molecular weight is 466 g/mol. The first kappa shape index (κ1) is 19.4. The van der Waals surface area contributed by atoms with Gasteiger partial charge in [0.05, 0.1) is 11.4 Å². The van der Waals surface area contributed by atoms with Gasteiger partial charge in [-0.25, -0.2) is 0 Å². The van der Waals surface area contributed by atoms with Crippen molar-refractivity contribution in [3.05, 3.63) is 57.5 Å². The van der Waals surface area contributed by atoms with Crippen molar-refractivity contribution in [2.45, 2.75) is 28.0 Å². The van der Waals surface area contributed by atoms with Gasteiger partial charge in [0.2, 0.25) is 5.91 Å². The summed E-state index contributed by atoms with van der Waals surface area (Å²) in [5.41, 5.74) is 4.81. The fourth-order valence-corrected chi connectivity index (χ4v) is 5.08. The Morgan fingerprint density at radius 3 is 2.77 bits per heavy atom. The minimum Gasteiger partial charge on any atom is -0.324 e. The number of aryl methyl sites for hydroxylation is 2. The number of rotatable bonds is 6. The molecule has 0 spiro atoms. The molecule has 0 aliphatic rings. The molecule has 8 heteroatoms. The molecule has 1 heterocycles. The van der Waals surface area contributed by atoms with Crippen LogP contribution < -0.4 is 5.32 Å². The van der Waals surface area contributed by atoms with E-state index in [1.165, 1.54) is 23.1 Å². The van der Waals surface area contributed by atoms with E-state index in [-0.39, 0.29) is 5.91 Å². The van der Waals surface area contributed by atoms with Gasteiger partial charge < -0.3 is 5.32 Å². The lowest BCUT2D eigenvalue weighted by Crippen LogP contribution is -2.14. The maximum Gasteiger partial charge on any atom is 0.234 e. The summed E-state index contributed by atoms with van der Waals surface area (Å²) in [7, 11) is 0. The van der Waals surface area contributed by atoms with Gasteiger partial charge >= 0.3 is 0 Å². The second-order valence-corrected chi connectivity index (χ2v) is 9.50. The molecule has 2 aromatic carbocycles. The number of nitrogens with one attached hydrogen (secondary N) is 1. The quantitative estimate of drug-likeness (QED) is 0.466. The van der Waals surface area contributed by atoms with E-state index in [4.69, 9.17) is 0 Å². The van der Waals surface area contributed by atoms with Crippen LogP contribution >= 0.6 is 50.8 Å². The number of anilines is 1. The van der Waals surface area contributed by atoms with Gasteiger partial charge in [-0.1, -0.05) is 51.2 Å². The monoisotopic (exact) mass is 465 g/mol. The Morgan fingerprint density at radius 2 is 2.00 bits per heavy atom. The molecule has 3 aromatic rings. The number of carbonyl (C=O) groups is 1. The smallest absolute Gasteiger partial charge is 0.234 e. The number of para-hydroxylation sites is 1. The molecule has 134 valence electrons. The van der Waals surface area contributed by atoms with E-state index in [2.05, 4.69) is 57.4 Å². The molecule has 0 fully saturated rings. The number of nitrogens with zero attached hydrogens (tertiary/aromatic N) is 2. The molecule has 0 aliphatic carbocycles. The second-order valence-electron chi connectivity index (χ2n) is 5.51. The van der Waals surface area contributed by atoms with Crippen LogP contribution in [0, 0.1) is 13.8 Å². The number of halogens is 1. The van der Waals surface area contributed by atoms with Crippen LogP contribution in [0.25, 0.3) is 0 Å². The van der Waals surface area contributed by atoms with E-state index in [0.29, 0.717) is 5.75 Å². The first-order chi connectivity index (χ1) is 12.5. The van der Waals surface area contributed by atoms with Crippen molar-refractivity contribution in [2.75, 3.05) is 11.1 Å². The lowest BCUT2D eigenvalue weighted by atomic mass is 10.2. The molecule has 26 heavy (non-hydrogen) atoms.